The Morgan fingerprint density at radius 2 is 1.13 bits per heavy atom. The standard InChI is InChI=1S/C24H32Cl2N2.2ClH/c1-18-23(2,16-27-14-19-8-4-6-10-21(19)25)12-13-24(18,3)17-28-15-20-9-5-7-11-22(20)26;;/h4-11,18,27-28H,12-17H2,1-3H3;2*1H. The van der Waals surface area contributed by atoms with Gasteiger partial charge in [-0.1, -0.05) is 80.4 Å². The van der Waals surface area contributed by atoms with Crippen LogP contribution in [0.5, 0.6) is 0 Å². The van der Waals surface area contributed by atoms with Gasteiger partial charge in [0.25, 0.3) is 0 Å². The fourth-order valence-electron chi connectivity index (χ4n) is 4.58. The third kappa shape index (κ3) is 6.51. The molecule has 3 rings (SSSR count). The van der Waals surface area contributed by atoms with Gasteiger partial charge in [-0.25, -0.2) is 0 Å². The third-order valence-corrected chi connectivity index (χ3v) is 7.70. The largest absolute Gasteiger partial charge is 0.312 e. The van der Waals surface area contributed by atoms with Crippen LogP contribution in [0.15, 0.2) is 48.5 Å². The lowest BCUT2D eigenvalue weighted by Gasteiger charge is -2.38. The Morgan fingerprint density at radius 1 is 0.767 bits per heavy atom. The van der Waals surface area contributed by atoms with E-state index in [4.69, 9.17) is 23.2 Å². The molecule has 2 aromatic carbocycles. The van der Waals surface area contributed by atoms with Crippen molar-refractivity contribution in [2.75, 3.05) is 13.1 Å². The normalized spacial score (nSPS) is 25.4. The van der Waals surface area contributed by atoms with Crippen molar-refractivity contribution in [1.82, 2.24) is 10.6 Å². The van der Waals surface area contributed by atoms with Crippen molar-refractivity contribution in [3.05, 3.63) is 69.7 Å². The van der Waals surface area contributed by atoms with E-state index in [1.54, 1.807) is 0 Å². The van der Waals surface area contributed by atoms with Gasteiger partial charge in [-0.2, -0.15) is 0 Å². The second-order valence-electron chi connectivity index (χ2n) is 8.92. The van der Waals surface area contributed by atoms with Crippen LogP contribution in [0.3, 0.4) is 0 Å². The molecule has 1 fully saturated rings. The van der Waals surface area contributed by atoms with Crippen LogP contribution in [0.4, 0.5) is 0 Å². The van der Waals surface area contributed by atoms with Crippen LogP contribution in [0.1, 0.15) is 44.7 Å². The van der Waals surface area contributed by atoms with E-state index >= 15 is 0 Å². The average Bonchev–Trinajstić information content (AvgIpc) is 2.90. The molecule has 2 aromatic rings. The first-order valence-electron chi connectivity index (χ1n) is 10.2. The number of hydrogen-bond donors (Lipinski definition) is 2. The quantitative estimate of drug-likeness (QED) is 0.409. The van der Waals surface area contributed by atoms with Crippen molar-refractivity contribution in [2.45, 2.75) is 46.7 Å². The zero-order valence-electron chi connectivity index (χ0n) is 18.0. The summed E-state index contributed by atoms with van der Waals surface area (Å²) in [5.74, 6) is 0.623. The lowest BCUT2D eigenvalue weighted by Crippen LogP contribution is -2.41. The summed E-state index contributed by atoms with van der Waals surface area (Å²) in [6.45, 7) is 10.9. The van der Waals surface area contributed by atoms with Crippen LogP contribution in [-0.4, -0.2) is 13.1 Å². The molecule has 2 atom stereocenters. The minimum atomic E-state index is 0. The van der Waals surface area contributed by atoms with E-state index in [-0.39, 0.29) is 24.8 Å². The zero-order chi connectivity index (χ0) is 20.2. The molecule has 0 heterocycles. The summed E-state index contributed by atoms with van der Waals surface area (Å²) in [5, 5.41) is 9.00. The first-order valence-corrected chi connectivity index (χ1v) is 11.0. The van der Waals surface area contributed by atoms with Crippen molar-refractivity contribution in [2.24, 2.45) is 16.7 Å². The maximum atomic E-state index is 6.29. The summed E-state index contributed by atoms with van der Waals surface area (Å²) in [7, 11) is 0. The van der Waals surface area contributed by atoms with E-state index in [1.165, 1.54) is 24.0 Å². The van der Waals surface area contributed by atoms with Crippen molar-refractivity contribution in [3.8, 4) is 0 Å². The Kier molecular flexibility index (Phi) is 11.0. The van der Waals surface area contributed by atoms with Gasteiger partial charge >= 0.3 is 0 Å². The predicted molar refractivity (Wildman–Crippen MR) is 135 cm³/mol. The highest BCUT2D eigenvalue weighted by molar-refractivity contribution is 6.31. The number of benzene rings is 2. The van der Waals surface area contributed by atoms with Crippen LogP contribution < -0.4 is 10.6 Å². The molecule has 0 spiro atoms. The van der Waals surface area contributed by atoms with Gasteiger partial charge in [-0.15, -0.1) is 24.8 Å². The minimum absolute atomic E-state index is 0. The molecule has 168 valence electrons. The molecule has 2 unspecified atom stereocenters. The molecule has 1 saturated carbocycles. The van der Waals surface area contributed by atoms with Gasteiger partial charge in [0.2, 0.25) is 0 Å². The Bertz CT molecular complexity index is 735. The van der Waals surface area contributed by atoms with Gasteiger partial charge in [-0.3, -0.25) is 0 Å². The van der Waals surface area contributed by atoms with Gasteiger partial charge in [0, 0.05) is 36.2 Å². The first-order chi connectivity index (χ1) is 13.3. The van der Waals surface area contributed by atoms with Crippen molar-refractivity contribution in [1.29, 1.82) is 0 Å². The molecule has 0 bridgehead atoms. The fourth-order valence-corrected chi connectivity index (χ4v) is 4.98. The SMILES string of the molecule is CC1C(C)(CNCc2ccccc2Cl)CCC1(C)CNCc1ccccc1Cl.Cl.Cl. The Labute approximate surface area is 204 Å². The van der Waals surface area contributed by atoms with Crippen LogP contribution in [0.2, 0.25) is 10.0 Å². The molecule has 0 radical (unpaired) electrons. The van der Waals surface area contributed by atoms with Gasteiger partial charge < -0.3 is 10.6 Å². The minimum Gasteiger partial charge on any atom is -0.312 e. The first kappa shape index (κ1) is 27.6. The highest BCUT2D eigenvalue weighted by Crippen LogP contribution is 2.53. The molecule has 6 heteroatoms. The van der Waals surface area contributed by atoms with Gasteiger partial charge in [0.1, 0.15) is 0 Å². The maximum Gasteiger partial charge on any atom is 0.0450 e. The maximum absolute atomic E-state index is 6.29. The van der Waals surface area contributed by atoms with Crippen molar-refractivity contribution in [3.63, 3.8) is 0 Å². The fraction of sp³-hybridized carbons (Fsp3) is 0.500. The molecule has 2 N–H and O–H groups in total. The topological polar surface area (TPSA) is 24.1 Å². The third-order valence-electron chi connectivity index (χ3n) is 6.96. The molecule has 0 aromatic heterocycles. The van der Waals surface area contributed by atoms with E-state index < -0.39 is 0 Å². The van der Waals surface area contributed by atoms with Crippen LogP contribution >= 0.6 is 48.0 Å². The number of halogens is 4. The Morgan fingerprint density at radius 3 is 1.50 bits per heavy atom. The Balaban J connectivity index is 0.00000225. The molecule has 1 aliphatic carbocycles. The highest BCUT2D eigenvalue weighted by atomic mass is 35.5. The molecule has 1 aliphatic rings. The molecule has 0 aliphatic heterocycles. The molecule has 0 saturated heterocycles. The molecule has 0 amide bonds. The summed E-state index contributed by atoms with van der Waals surface area (Å²) < 4.78 is 0. The average molecular weight is 492 g/mol. The predicted octanol–water partition coefficient (Wildman–Crippen LogP) is 7.16. The summed E-state index contributed by atoms with van der Waals surface area (Å²) >= 11 is 12.6. The van der Waals surface area contributed by atoms with Crippen LogP contribution in [-0.2, 0) is 13.1 Å². The van der Waals surface area contributed by atoms with Gasteiger partial charge in [0.05, 0.1) is 0 Å². The van der Waals surface area contributed by atoms with Crippen LogP contribution in [0, 0.1) is 16.7 Å². The number of hydrogen-bond acceptors (Lipinski definition) is 2. The lowest BCUT2D eigenvalue weighted by atomic mass is 9.71. The number of rotatable bonds is 8. The number of nitrogens with one attached hydrogen (secondary N) is 2. The van der Waals surface area contributed by atoms with E-state index in [9.17, 15) is 0 Å². The van der Waals surface area contributed by atoms with Crippen molar-refractivity contribution < 1.29 is 0 Å². The smallest absolute Gasteiger partial charge is 0.0450 e. The van der Waals surface area contributed by atoms with E-state index in [2.05, 4.69) is 43.5 Å². The summed E-state index contributed by atoms with van der Waals surface area (Å²) in [6, 6.07) is 16.2. The zero-order valence-corrected chi connectivity index (χ0v) is 21.2. The molecular weight excluding hydrogens is 458 g/mol. The molecule has 2 nitrogen and oxygen atoms in total. The summed E-state index contributed by atoms with van der Waals surface area (Å²) in [5.41, 5.74) is 2.93. The van der Waals surface area contributed by atoms with Crippen LogP contribution in [0.25, 0.3) is 0 Å². The van der Waals surface area contributed by atoms with E-state index in [0.717, 1.165) is 36.2 Å². The second-order valence-corrected chi connectivity index (χ2v) is 9.73. The molecular formula is C24H34Cl4N2. The highest BCUT2D eigenvalue weighted by Gasteiger charge is 2.48. The second kappa shape index (κ2) is 11.9. The lowest BCUT2D eigenvalue weighted by molar-refractivity contribution is 0.138. The van der Waals surface area contributed by atoms with E-state index in [0.29, 0.717) is 16.7 Å². The van der Waals surface area contributed by atoms with E-state index in [1.807, 2.05) is 36.4 Å². The van der Waals surface area contributed by atoms with Crippen molar-refractivity contribution >= 4 is 48.0 Å². The summed E-state index contributed by atoms with van der Waals surface area (Å²) in [4.78, 5) is 0. The Hall–Kier alpha value is -0.480. The van der Waals surface area contributed by atoms with Gasteiger partial charge in [-0.05, 0) is 52.8 Å². The monoisotopic (exact) mass is 490 g/mol. The molecule has 30 heavy (non-hydrogen) atoms. The summed E-state index contributed by atoms with van der Waals surface area (Å²) in [6.07, 6.45) is 2.49. The van der Waals surface area contributed by atoms with Gasteiger partial charge in [0.15, 0.2) is 0 Å².